The van der Waals surface area contributed by atoms with E-state index in [1.165, 1.54) is 0 Å². The van der Waals surface area contributed by atoms with Crippen molar-refractivity contribution >= 4 is 17.9 Å². The van der Waals surface area contributed by atoms with E-state index in [0.717, 1.165) is 11.3 Å². The van der Waals surface area contributed by atoms with Crippen molar-refractivity contribution in [3.05, 3.63) is 30.5 Å². The summed E-state index contributed by atoms with van der Waals surface area (Å²) >= 11 is 0. The number of carbonyl (C=O) groups excluding carboxylic acids is 2. The van der Waals surface area contributed by atoms with Crippen molar-refractivity contribution < 1.29 is 23.8 Å². The van der Waals surface area contributed by atoms with Gasteiger partial charge >= 0.3 is 12.2 Å². The van der Waals surface area contributed by atoms with Crippen LogP contribution in [0.4, 0.5) is 15.3 Å². The summed E-state index contributed by atoms with van der Waals surface area (Å²) in [4.78, 5) is 26.0. The Kier molecular flexibility index (Phi) is 6.96. The number of aryl methyl sites for hydroxylation is 1. The molecule has 2 amide bonds. The number of carbonyl (C=O) groups is 2. The Morgan fingerprint density at radius 3 is 2.59 bits per heavy atom. The minimum Gasteiger partial charge on any atom is -0.488 e. The van der Waals surface area contributed by atoms with Crippen LogP contribution in [0.3, 0.4) is 0 Å². The van der Waals surface area contributed by atoms with Crippen LogP contribution in [0.1, 0.15) is 41.0 Å². The summed E-state index contributed by atoms with van der Waals surface area (Å²) in [6, 6.07) is 7.27. The number of nitrogens with zero attached hydrogens (tertiary/aromatic N) is 3. The maximum Gasteiger partial charge on any atom is 0.411 e. The van der Waals surface area contributed by atoms with E-state index >= 15 is 0 Å². The van der Waals surface area contributed by atoms with Crippen molar-refractivity contribution in [2.24, 2.45) is 7.05 Å². The van der Waals surface area contributed by atoms with E-state index in [1.54, 1.807) is 35.7 Å². The molecule has 1 fully saturated rings. The minimum atomic E-state index is -0.539. The highest BCUT2D eigenvalue weighted by Gasteiger charge is 2.31. The van der Waals surface area contributed by atoms with Gasteiger partial charge in [0.25, 0.3) is 0 Å². The summed E-state index contributed by atoms with van der Waals surface area (Å²) in [5.74, 6) is 0.646. The normalized spacial score (nSPS) is 16.2. The van der Waals surface area contributed by atoms with Crippen LogP contribution in [0.5, 0.6) is 5.75 Å². The number of hydrogen-bond acceptors (Lipinski definition) is 6. The second kappa shape index (κ2) is 9.50. The minimum absolute atomic E-state index is 0.167. The van der Waals surface area contributed by atoms with E-state index in [1.807, 2.05) is 46.0 Å². The maximum absolute atomic E-state index is 12.4. The van der Waals surface area contributed by atoms with Crippen LogP contribution in [-0.2, 0) is 16.5 Å². The summed E-state index contributed by atoms with van der Waals surface area (Å²) in [6.45, 7) is 10.1. The molecule has 1 aliphatic rings. The smallest absolute Gasteiger partial charge is 0.411 e. The molecule has 9 nitrogen and oxygen atoms in total. The monoisotopic (exact) mass is 444 g/mol. The van der Waals surface area contributed by atoms with E-state index in [9.17, 15) is 9.59 Å². The number of anilines is 1. The average molecular weight is 445 g/mol. The molecule has 1 unspecified atom stereocenters. The molecule has 1 atom stereocenters. The second-order valence-electron chi connectivity index (χ2n) is 9.08. The van der Waals surface area contributed by atoms with Crippen LogP contribution in [0.25, 0.3) is 11.3 Å². The molecule has 1 aromatic carbocycles. The van der Waals surface area contributed by atoms with Crippen LogP contribution in [0, 0.1) is 0 Å². The van der Waals surface area contributed by atoms with Crippen molar-refractivity contribution in [1.29, 1.82) is 0 Å². The van der Waals surface area contributed by atoms with E-state index < -0.39 is 11.7 Å². The third-order valence-electron chi connectivity index (χ3n) is 4.76. The third kappa shape index (κ3) is 6.15. The lowest BCUT2D eigenvalue weighted by molar-refractivity contribution is 0.0275. The highest BCUT2D eigenvalue weighted by Crippen LogP contribution is 2.34. The SMILES string of the molecule is CC(C)OC(=O)Nc1ccc(OC2CCN(C(=O)OC(C)(C)C)C2)c(-c2ccnn2C)c1. The first-order valence-electron chi connectivity index (χ1n) is 10.8. The van der Waals surface area contributed by atoms with Gasteiger partial charge in [0.2, 0.25) is 0 Å². The Morgan fingerprint density at radius 2 is 1.97 bits per heavy atom. The number of nitrogens with one attached hydrogen (secondary N) is 1. The summed E-state index contributed by atoms with van der Waals surface area (Å²) in [7, 11) is 1.84. The number of likely N-dealkylation sites (tertiary alicyclic amines) is 1. The Morgan fingerprint density at radius 1 is 1.22 bits per heavy atom. The molecule has 1 aliphatic heterocycles. The molecule has 0 aliphatic carbocycles. The molecule has 0 bridgehead atoms. The topological polar surface area (TPSA) is 94.9 Å². The predicted molar refractivity (Wildman–Crippen MR) is 121 cm³/mol. The van der Waals surface area contributed by atoms with Gasteiger partial charge < -0.3 is 19.1 Å². The summed E-state index contributed by atoms with van der Waals surface area (Å²) in [6.07, 6.45) is 1.16. The molecular formula is C23H32N4O5. The molecule has 2 heterocycles. The molecule has 9 heteroatoms. The van der Waals surface area contributed by atoms with Crippen LogP contribution in [0.15, 0.2) is 30.5 Å². The van der Waals surface area contributed by atoms with Crippen LogP contribution < -0.4 is 10.1 Å². The zero-order valence-electron chi connectivity index (χ0n) is 19.5. The van der Waals surface area contributed by atoms with Crippen molar-refractivity contribution in [2.45, 2.75) is 58.8 Å². The first-order valence-corrected chi connectivity index (χ1v) is 10.8. The maximum atomic E-state index is 12.4. The Labute approximate surface area is 188 Å². The van der Waals surface area contributed by atoms with Gasteiger partial charge in [-0.1, -0.05) is 0 Å². The number of hydrogen-bond donors (Lipinski definition) is 1. The first-order chi connectivity index (χ1) is 15.0. The molecular weight excluding hydrogens is 412 g/mol. The average Bonchev–Trinajstić information content (AvgIpc) is 3.30. The van der Waals surface area contributed by atoms with Gasteiger partial charge in [-0.05, 0) is 58.9 Å². The highest BCUT2D eigenvalue weighted by molar-refractivity contribution is 5.86. The zero-order chi connectivity index (χ0) is 23.5. The zero-order valence-corrected chi connectivity index (χ0v) is 19.5. The predicted octanol–water partition coefficient (Wildman–Crippen LogP) is 4.43. The number of rotatable bonds is 5. The van der Waals surface area contributed by atoms with Gasteiger partial charge in [0, 0.05) is 37.5 Å². The first kappa shape index (κ1) is 23.4. The van der Waals surface area contributed by atoms with Gasteiger partial charge in [0.15, 0.2) is 0 Å². The number of aromatic nitrogens is 2. The van der Waals surface area contributed by atoms with Gasteiger partial charge in [-0.3, -0.25) is 10.00 Å². The summed E-state index contributed by atoms with van der Waals surface area (Å²) < 4.78 is 18.7. The fourth-order valence-corrected chi connectivity index (χ4v) is 3.41. The van der Waals surface area contributed by atoms with Gasteiger partial charge in [0.05, 0.1) is 18.3 Å². The fraction of sp³-hybridized carbons (Fsp3) is 0.522. The molecule has 174 valence electrons. The van der Waals surface area contributed by atoms with E-state index in [2.05, 4.69) is 10.4 Å². The lowest BCUT2D eigenvalue weighted by atomic mass is 10.1. The molecule has 1 saturated heterocycles. The van der Waals surface area contributed by atoms with Gasteiger partial charge in [-0.2, -0.15) is 5.10 Å². The summed E-state index contributed by atoms with van der Waals surface area (Å²) in [5, 5.41) is 6.99. The Hall–Kier alpha value is -3.23. The second-order valence-corrected chi connectivity index (χ2v) is 9.08. The molecule has 2 aromatic rings. The molecule has 1 N–H and O–H groups in total. The van der Waals surface area contributed by atoms with Gasteiger partial charge in [0.1, 0.15) is 17.5 Å². The molecule has 0 radical (unpaired) electrons. The number of ether oxygens (including phenoxy) is 3. The lowest BCUT2D eigenvalue weighted by Gasteiger charge is -2.24. The number of benzene rings is 1. The van der Waals surface area contributed by atoms with E-state index in [4.69, 9.17) is 14.2 Å². The Balaban J connectivity index is 1.77. The quantitative estimate of drug-likeness (QED) is 0.733. The fourth-order valence-electron chi connectivity index (χ4n) is 3.41. The molecule has 3 rings (SSSR count). The van der Waals surface area contributed by atoms with Gasteiger partial charge in [-0.25, -0.2) is 9.59 Å². The van der Waals surface area contributed by atoms with E-state index in [-0.39, 0.29) is 18.3 Å². The molecule has 1 aromatic heterocycles. The van der Waals surface area contributed by atoms with Gasteiger partial charge in [-0.15, -0.1) is 0 Å². The van der Waals surface area contributed by atoms with Crippen LogP contribution in [0.2, 0.25) is 0 Å². The van der Waals surface area contributed by atoms with Crippen molar-refractivity contribution in [3.63, 3.8) is 0 Å². The molecule has 0 saturated carbocycles. The molecule has 32 heavy (non-hydrogen) atoms. The van der Waals surface area contributed by atoms with Crippen LogP contribution >= 0.6 is 0 Å². The van der Waals surface area contributed by atoms with Crippen LogP contribution in [-0.4, -0.2) is 57.8 Å². The molecule has 0 spiro atoms. The standard InChI is InChI=1S/C23H32N4O5/c1-15(2)30-21(28)25-16-7-8-20(18(13-16)19-9-11-24-26(19)6)31-17-10-12-27(14-17)22(29)32-23(3,4)5/h7-9,11,13,15,17H,10,12,14H2,1-6H3,(H,25,28). The largest absolute Gasteiger partial charge is 0.488 e. The lowest BCUT2D eigenvalue weighted by Crippen LogP contribution is -2.36. The van der Waals surface area contributed by atoms with Crippen molar-refractivity contribution in [3.8, 4) is 17.0 Å². The van der Waals surface area contributed by atoms with Crippen molar-refractivity contribution in [2.75, 3.05) is 18.4 Å². The van der Waals surface area contributed by atoms with E-state index in [0.29, 0.717) is 30.9 Å². The van der Waals surface area contributed by atoms with Crippen molar-refractivity contribution in [1.82, 2.24) is 14.7 Å². The third-order valence-corrected chi connectivity index (χ3v) is 4.76. The number of amides is 2. The summed E-state index contributed by atoms with van der Waals surface area (Å²) in [5.41, 5.74) is 1.66. The highest BCUT2D eigenvalue weighted by atomic mass is 16.6. The Bertz CT molecular complexity index is 964.